The van der Waals surface area contributed by atoms with Crippen LogP contribution in [0.3, 0.4) is 0 Å². The van der Waals surface area contributed by atoms with E-state index in [1.54, 1.807) is 11.3 Å². The number of likely N-dealkylation sites (N-methyl/N-ethyl adjacent to an activating group) is 1. The van der Waals surface area contributed by atoms with Crippen LogP contribution >= 0.6 is 11.3 Å². The topological polar surface area (TPSA) is 38.5 Å². The van der Waals surface area contributed by atoms with Crippen LogP contribution in [0.2, 0.25) is 0 Å². The lowest BCUT2D eigenvalue weighted by Crippen LogP contribution is -2.38. The SMILES string of the molecule is CCOCCN(C)C(c1cccs1)C(C)N. The third kappa shape index (κ3) is 3.87. The highest BCUT2D eigenvalue weighted by molar-refractivity contribution is 7.10. The van der Waals surface area contributed by atoms with E-state index >= 15 is 0 Å². The van der Waals surface area contributed by atoms with E-state index in [1.165, 1.54) is 4.88 Å². The van der Waals surface area contributed by atoms with E-state index in [2.05, 4.69) is 36.4 Å². The Morgan fingerprint density at radius 2 is 2.31 bits per heavy atom. The maximum Gasteiger partial charge on any atom is 0.0593 e. The predicted octanol–water partition coefficient (Wildman–Crippen LogP) is 2.10. The van der Waals surface area contributed by atoms with Crippen LogP contribution in [-0.4, -0.2) is 37.7 Å². The van der Waals surface area contributed by atoms with Crippen LogP contribution in [0.15, 0.2) is 17.5 Å². The fraction of sp³-hybridized carbons (Fsp3) is 0.667. The molecule has 1 rings (SSSR count). The summed E-state index contributed by atoms with van der Waals surface area (Å²) < 4.78 is 5.37. The van der Waals surface area contributed by atoms with Crippen molar-refractivity contribution in [3.8, 4) is 0 Å². The van der Waals surface area contributed by atoms with Crippen molar-refractivity contribution in [2.75, 3.05) is 26.8 Å². The highest BCUT2D eigenvalue weighted by Crippen LogP contribution is 2.26. The molecule has 0 saturated carbocycles. The number of ether oxygens (including phenoxy) is 1. The lowest BCUT2D eigenvalue weighted by Gasteiger charge is -2.30. The Kier molecular flexibility index (Phi) is 5.98. The molecule has 1 aromatic heterocycles. The van der Waals surface area contributed by atoms with Gasteiger partial charge in [-0.15, -0.1) is 11.3 Å². The second-order valence-electron chi connectivity index (χ2n) is 4.00. The maximum absolute atomic E-state index is 6.06. The molecule has 4 heteroatoms. The largest absolute Gasteiger partial charge is 0.380 e. The smallest absolute Gasteiger partial charge is 0.0593 e. The minimum Gasteiger partial charge on any atom is -0.380 e. The lowest BCUT2D eigenvalue weighted by molar-refractivity contribution is 0.103. The van der Waals surface area contributed by atoms with Crippen LogP contribution in [-0.2, 0) is 4.74 Å². The summed E-state index contributed by atoms with van der Waals surface area (Å²) in [6.07, 6.45) is 0. The molecule has 16 heavy (non-hydrogen) atoms. The molecule has 0 spiro atoms. The van der Waals surface area contributed by atoms with Gasteiger partial charge in [0.1, 0.15) is 0 Å². The molecule has 0 aliphatic heterocycles. The van der Waals surface area contributed by atoms with Crippen molar-refractivity contribution in [3.05, 3.63) is 22.4 Å². The first-order valence-electron chi connectivity index (χ1n) is 5.73. The maximum atomic E-state index is 6.06. The van der Waals surface area contributed by atoms with Crippen LogP contribution in [0.5, 0.6) is 0 Å². The van der Waals surface area contributed by atoms with Crippen LogP contribution < -0.4 is 5.73 Å². The Morgan fingerprint density at radius 1 is 1.56 bits per heavy atom. The third-order valence-corrected chi connectivity index (χ3v) is 3.54. The van der Waals surface area contributed by atoms with Crippen LogP contribution in [0, 0.1) is 0 Å². The second kappa shape index (κ2) is 7.01. The minimum absolute atomic E-state index is 0.130. The van der Waals surface area contributed by atoms with E-state index in [-0.39, 0.29) is 6.04 Å². The molecule has 2 unspecified atom stereocenters. The number of rotatable bonds is 7. The monoisotopic (exact) mass is 242 g/mol. The zero-order chi connectivity index (χ0) is 12.0. The first-order chi connectivity index (χ1) is 7.66. The van der Waals surface area contributed by atoms with Crippen molar-refractivity contribution in [2.24, 2.45) is 5.73 Å². The van der Waals surface area contributed by atoms with Crippen molar-refractivity contribution < 1.29 is 4.74 Å². The van der Waals surface area contributed by atoms with E-state index in [0.29, 0.717) is 6.04 Å². The van der Waals surface area contributed by atoms with Gasteiger partial charge in [0, 0.05) is 24.1 Å². The van der Waals surface area contributed by atoms with Crippen molar-refractivity contribution in [2.45, 2.75) is 25.9 Å². The summed E-state index contributed by atoms with van der Waals surface area (Å²) in [4.78, 5) is 3.60. The average Bonchev–Trinajstić information content (AvgIpc) is 2.71. The molecule has 0 amide bonds. The molecule has 0 bridgehead atoms. The van der Waals surface area contributed by atoms with Gasteiger partial charge >= 0.3 is 0 Å². The molecule has 0 fully saturated rings. The summed E-state index contributed by atoms with van der Waals surface area (Å²) in [5.74, 6) is 0. The molecule has 92 valence electrons. The number of hydrogen-bond acceptors (Lipinski definition) is 4. The highest BCUT2D eigenvalue weighted by atomic mass is 32.1. The predicted molar refractivity (Wildman–Crippen MR) is 69.8 cm³/mol. The molecule has 2 atom stereocenters. The van der Waals surface area contributed by atoms with Gasteiger partial charge in [0.05, 0.1) is 12.6 Å². The second-order valence-corrected chi connectivity index (χ2v) is 4.98. The molecule has 2 N–H and O–H groups in total. The fourth-order valence-electron chi connectivity index (χ4n) is 1.83. The number of nitrogens with zero attached hydrogens (tertiary/aromatic N) is 1. The quantitative estimate of drug-likeness (QED) is 0.744. The molecule has 0 aromatic carbocycles. The Balaban J connectivity index is 2.56. The van der Waals surface area contributed by atoms with Crippen molar-refractivity contribution in [1.29, 1.82) is 0 Å². The molecule has 0 saturated heterocycles. The van der Waals surface area contributed by atoms with Gasteiger partial charge in [-0.1, -0.05) is 6.07 Å². The molecular weight excluding hydrogens is 220 g/mol. The van der Waals surface area contributed by atoms with E-state index in [1.807, 2.05) is 6.92 Å². The van der Waals surface area contributed by atoms with E-state index in [9.17, 15) is 0 Å². The van der Waals surface area contributed by atoms with Crippen LogP contribution in [0.4, 0.5) is 0 Å². The average molecular weight is 242 g/mol. The van der Waals surface area contributed by atoms with Gasteiger partial charge in [0.15, 0.2) is 0 Å². The van der Waals surface area contributed by atoms with Gasteiger partial charge in [0.2, 0.25) is 0 Å². The molecule has 0 radical (unpaired) electrons. The van der Waals surface area contributed by atoms with Crippen molar-refractivity contribution >= 4 is 11.3 Å². The first kappa shape index (κ1) is 13.6. The standard InChI is InChI=1S/C12H22N2OS/c1-4-15-8-7-14(3)12(10(2)13)11-6-5-9-16-11/h5-6,9-10,12H,4,7-8,13H2,1-3H3. The molecule has 0 aliphatic carbocycles. The number of nitrogens with two attached hydrogens (primary N) is 1. The molecular formula is C12H22N2OS. The summed E-state index contributed by atoms with van der Waals surface area (Å²) in [6, 6.07) is 4.65. The fourth-order valence-corrected chi connectivity index (χ4v) is 2.83. The minimum atomic E-state index is 0.130. The van der Waals surface area contributed by atoms with Gasteiger partial charge in [-0.2, -0.15) is 0 Å². The molecule has 3 nitrogen and oxygen atoms in total. The zero-order valence-corrected chi connectivity index (χ0v) is 11.2. The van der Waals surface area contributed by atoms with Gasteiger partial charge in [-0.05, 0) is 32.3 Å². The number of thiophene rings is 1. The molecule has 1 aromatic rings. The summed E-state index contributed by atoms with van der Waals surface area (Å²) in [5.41, 5.74) is 6.06. The molecule has 1 heterocycles. The van der Waals surface area contributed by atoms with Gasteiger partial charge in [-0.3, -0.25) is 4.90 Å². The lowest BCUT2D eigenvalue weighted by atomic mass is 10.1. The number of hydrogen-bond donors (Lipinski definition) is 1. The van der Waals surface area contributed by atoms with Gasteiger partial charge < -0.3 is 10.5 Å². The van der Waals surface area contributed by atoms with Crippen LogP contribution in [0.25, 0.3) is 0 Å². The van der Waals surface area contributed by atoms with Gasteiger partial charge in [0.25, 0.3) is 0 Å². The Morgan fingerprint density at radius 3 is 2.81 bits per heavy atom. The summed E-state index contributed by atoms with van der Waals surface area (Å²) >= 11 is 1.76. The summed E-state index contributed by atoms with van der Waals surface area (Å²) in [6.45, 7) is 6.53. The van der Waals surface area contributed by atoms with Crippen LogP contribution in [0.1, 0.15) is 24.8 Å². The normalized spacial score (nSPS) is 15.3. The third-order valence-electron chi connectivity index (χ3n) is 2.60. The Hall–Kier alpha value is -0.420. The summed E-state index contributed by atoms with van der Waals surface area (Å²) in [5, 5.41) is 2.10. The molecule has 0 aliphatic rings. The van der Waals surface area contributed by atoms with E-state index < -0.39 is 0 Å². The Labute approximate surface area is 102 Å². The van der Waals surface area contributed by atoms with E-state index in [0.717, 1.165) is 19.8 Å². The van der Waals surface area contributed by atoms with E-state index in [4.69, 9.17) is 10.5 Å². The van der Waals surface area contributed by atoms with Crippen molar-refractivity contribution in [1.82, 2.24) is 4.90 Å². The first-order valence-corrected chi connectivity index (χ1v) is 6.61. The summed E-state index contributed by atoms with van der Waals surface area (Å²) in [7, 11) is 2.10. The highest BCUT2D eigenvalue weighted by Gasteiger charge is 2.21. The zero-order valence-electron chi connectivity index (χ0n) is 10.3. The van der Waals surface area contributed by atoms with Gasteiger partial charge in [-0.25, -0.2) is 0 Å². The Bertz CT molecular complexity index is 275. The van der Waals surface area contributed by atoms with Crippen molar-refractivity contribution in [3.63, 3.8) is 0 Å².